The Bertz CT molecular complexity index is 1410. The van der Waals surface area contributed by atoms with Crippen LogP contribution in [0.2, 0.25) is 5.02 Å². The van der Waals surface area contributed by atoms with Gasteiger partial charge in [0.2, 0.25) is 0 Å². The number of thioether (sulfide) groups is 1. The van der Waals surface area contributed by atoms with Crippen molar-refractivity contribution >= 4 is 40.0 Å². The topological polar surface area (TPSA) is 92.2 Å². The minimum atomic E-state index is -0.191. The molecular weight excluding hydrogens is 464 g/mol. The summed E-state index contributed by atoms with van der Waals surface area (Å²) in [5.74, 6) is 1.37. The van der Waals surface area contributed by atoms with Gasteiger partial charge in [-0.1, -0.05) is 28.5 Å². The van der Waals surface area contributed by atoms with E-state index in [9.17, 15) is 9.59 Å². The summed E-state index contributed by atoms with van der Waals surface area (Å²) < 4.78 is 13.8. The first-order valence-electron chi connectivity index (χ1n) is 10.3. The fraction of sp³-hybridized carbons (Fsp3) is 0.304. The zero-order valence-corrected chi connectivity index (χ0v) is 20.3. The van der Waals surface area contributed by atoms with Gasteiger partial charge in [0.25, 0.3) is 5.56 Å². The average molecular weight is 487 g/mol. The summed E-state index contributed by atoms with van der Waals surface area (Å²) in [4.78, 5) is 30.8. The summed E-state index contributed by atoms with van der Waals surface area (Å²) in [5.41, 5.74) is 2.56. The molecule has 1 aromatic carbocycles. The third-order valence-corrected chi connectivity index (χ3v) is 6.52. The van der Waals surface area contributed by atoms with Gasteiger partial charge in [0.05, 0.1) is 29.8 Å². The van der Waals surface area contributed by atoms with E-state index in [1.807, 2.05) is 37.5 Å². The van der Waals surface area contributed by atoms with E-state index < -0.39 is 0 Å². The van der Waals surface area contributed by atoms with Gasteiger partial charge in [-0.25, -0.2) is 4.98 Å². The number of methoxy groups -OCH3 is 1. The first-order chi connectivity index (χ1) is 15.8. The zero-order chi connectivity index (χ0) is 23.7. The van der Waals surface area contributed by atoms with Crippen LogP contribution in [0.25, 0.3) is 16.7 Å². The van der Waals surface area contributed by atoms with Crippen molar-refractivity contribution in [3.05, 3.63) is 68.4 Å². The van der Waals surface area contributed by atoms with Gasteiger partial charge >= 0.3 is 0 Å². The number of carbonyl (C=O) groups excluding carboxylic acids is 1. The Labute approximate surface area is 199 Å². The predicted octanol–water partition coefficient (Wildman–Crippen LogP) is 4.38. The number of nitrogens with zero attached hydrogens (tertiary/aromatic N) is 4. The van der Waals surface area contributed by atoms with Crippen molar-refractivity contribution < 1.29 is 14.1 Å². The molecule has 0 aliphatic heterocycles. The third kappa shape index (κ3) is 4.62. The molecule has 0 amide bonds. The molecule has 0 saturated carbocycles. The Hall–Kier alpha value is -2.88. The SMILES string of the molecule is COCCn1c(SCC(=O)c2cc(C)n(-c3cc(C)on3)c2C)nc2cc(Cl)ccc2c1=O. The Morgan fingerprint density at radius 2 is 2.00 bits per heavy atom. The second kappa shape index (κ2) is 9.54. The standard InChI is InChI=1S/C23H23ClN4O4S/c1-13-9-18(15(3)28(13)21-10-14(2)32-26-21)20(29)12-33-23-25-19-11-16(24)5-6-17(19)22(30)27(23)7-8-31-4/h5-6,9-11H,7-8,12H2,1-4H3. The van der Waals surface area contributed by atoms with Crippen molar-refractivity contribution in [2.75, 3.05) is 19.5 Å². The lowest BCUT2D eigenvalue weighted by molar-refractivity contribution is 0.102. The number of aryl methyl sites for hydroxylation is 2. The van der Waals surface area contributed by atoms with Gasteiger partial charge in [-0.3, -0.25) is 18.7 Å². The number of rotatable bonds is 8. The number of Topliss-reactive ketones (excluding diaryl/α,β-unsaturated/α-hetero) is 1. The Balaban J connectivity index is 1.64. The quantitative estimate of drug-likeness (QED) is 0.207. The highest BCUT2D eigenvalue weighted by Crippen LogP contribution is 2.25. The molecule has 4 aromatic rings. The van der Waals surface area contributed by atoms with Gasteiger partial charge in [-0.2, -0.15) is 0 Å². The van der Waals surface area contributed by atoms with Crippen LogP contribution in [0.4, 0.5) is 0 Å². The summed E-state index contributed by atoms with van der Waals surface area (Å²) >= 11 is 7.32. The first kappa shape index (κ1) is 23.3. The van der Waals surface area contributed by atoms with E-state index in [0.29, 0.717) is 51.4 Å². The van der Waals surface area contributed by atoms with Crippen molar-refractivity contribution in [1.29, 1.82) is 0 Å². The maximum Gasteiger partial charge on any atom is 0.262 e. The maximum atomic E-state index is 13.1. The molecule has 0 bridgehead atoms. The molecule has 0 saturated heterocycles. The summed E-state index contributed by atoms with van der Waals surface area (Å²) in [6, 6.07) is 8.64. The largest absolute Gasteiger partial charge is 0.383 e. The van der Waals surface area contributed by atoms with Crippen LogP contribution >= 0.6 is 23.4 Å². The van der Waals surface area contributed by atoms with Crippen molar-refractivity contribution in [2.45, 2.75) is 32.5 Å². The normalized spacial score (nSPS) is 11.4. The molecule has 0 N–H and O–H groups in total. The summed E-state index contributed by atoms with van der Waals surface area (Å²) in [7, 11) is 1.57. The van der Waals surface area contributed by atoms with E-state index in [1.54, 1.807) is 29.9 Å². The molecule has 0 spiro atoms. The van der Waals surface area contributed by atoms with Crippen LogP contribution in [-0.4, -0.2) is 44.5 Å². The van der Waals surface area contributed by atoms with Crippen LogP contribution in [0.3, 0.4) is 0 Å². The number of hydrogen-bond acceptors (Lipinski definition) is 7. The third-order valence-electron chi connectivity index (χ3n) is 5.31. The molecule has 33 heavy (non-hydrogen) atoms. The van der Waals surface area contributed by atoms with Crippen molar-refractivity contribution in [3.63, 3.8) is 0 Å². The second-order valence-corrected chi connectivity index (χ2v) is 9.01. The van der Waals surface area contributed by atoms with Gasteiger partial charge in [0.15, 0.2) is 16.8 Å². The number of hydrogen-bond donors (Lipinski definition) is 0. The lowest BCUT2D eigenvalue weighted by Gasteiger charge is -2.12. The molecule has 0 radical (unpaired) electrons. The van der Waals surface area contributed by atoms with Crippen molar-refractivity contribution in [1.82, 2.24) is 19.3 Å². The van der Waals surface area contributed by atoms with Gasteiger partial charge in [0, 0.05) is 35.2 Å². The number of ketones is 1. The van der Waals surface area contributed by atoms with Crippen LogP contribution in [-0.2, 0) is 11.3 Å². The van der Waals surface area contributed by atoms with Crippen molar-refractivity contribution in [2.24, 2.45) is 0 Å². The van der Waals surface area contributed by atoms with Gasteiger partial charge < -0.3 is 9.26 Å². The molecule has 172 valence electrons. The molecule has 8 nitrogen and oxygen atoms in total. The zero-order valence-electron chi connectivity index (χ0n) is 18.7. The molecule has 0 atom stereocenters. The van der Waals surface area contributed by atoms with Gasteiger partial charge in [-0.15, -0.1) is 0 Å². The number of aromatic nitrogens is 4. The summed E-state index contributed by atoms with van der Waals surface area (Å²) in [6.07, 6.45) is 0. The first-order valence-corrected chi connectivity index (χ1v) is 11.6. The van der Waals surface area contributed by atoms with E-state index >= 15 is 0 Å². The van der Waals surface area contributed by atoms with Gasteiger partial charge in [0.1, 0.15) is 5.76 Å². The highest BCUT2D eigenvalue weighted by molar-refractivity contribution is 7.99. The fourth-order valence-electron chi connectivity index (χ4n) is 3.73. The fourth-order valence-corrected chi connectivity index (χ4v) is 4.80. The monoisotopic (exact) mass is 486 g/mol. The number of benzene rings is 1. The highest BCUT2D eigenvalue weighted by atomic mass is 35.5. The maximum absolute atomic E-state index is 13.1. The number of fused-ring (bicyclic) bond motifs is 1. The highest BCUT2D eigenvalue weighted by Gasteiger charge is 2.20. The van der Waals surface area contributed by atoms with Crippen LogP contribution in [0.15, 0.2) is 44.8 Å². The number of halogens is 1. The number of ether oxygens (including phenoxy) is 1. The molecule has 0 aliphatic rings. The summed E-state index contributed by atoms with van der Waals surface area (Å²) in [6.45, 7) is 6.29. The number of carbonyl (C=O) groups is 1. The van der Waals surface area contributed by atoms with E-state index in [0.717, 1.165) is 11.4 Å². The van der Waals surface area contributed by atoms with E-state index in [2.05, 4.69) is 10.1 Å². The minimum Gasteiger partial charge on any atom is -0.383 e. The van der Waals surface area contributed by atoms with Crippen LogP contribution in [0.1, 0.15) is 27.5 Å². The smallest absolute Gasteiger partial charge is 0.262 e. The molecule has 3 aromatic heterocycles. The molecule has 4 rings (SSSR count). The molecule has 3 heterocycles. The molecule has 0 fully saturated rings. The van der Waals surface area contributed by atoms with E-state index in [1.165, 1.54) is 11.8 Å². The molecular formula is C23H23ClN4O4S. The van der Waals surface area contributed by atoms with Crippen LogP contribution in [0, 0.1) is 20.8 Å². The van der Waals surface area contributed by atoms with Crippen LogP contribution in [0.5, 0.6) is 0 Å². The molecule has 10 heteroatoms. The van der Waals surface area contributed by atoms with Gasteiger partial charge in [-0.05, 0) is 45.0 Å². The lowest BCUT2D eigenvalue weighted by Crippen LogP contribution is -2.25. The molecule has 0 aliphatic carbocycles. The van der Waals surface area contributed by atoms with E-state index in [-0.39, 0.29) is 17.1 Å². The van der Waals surface area contributed by atoms with Crippen molar-refractivity contribution in [3.8, 4) is 5.82 Å². The predicted molar refractivity (Wildman–Crippen MR) is 128 cm³/mol. The Morgan fingerprint density at radius 3 is 2.70 bits per heavy atom. The molecule has 0 unspecified atom stereocenters. The summed E-state index contributed by atoms with van der Waals surface area (Å²) in [5, 5.41) is 5.47. The Morgan fingerprint density at radius 1 is 1.21 bits per heavy atom. The Kier molecular flexibility index (Phi) is 6.73. The lowest BCUT2D eigenvalue weighted by atomic mass is 10.2. The van der Waals surface area contributed by atoms with E-state index in [4.69, 9.17) is 20.9 Å². The minimum absolute atomic E-state index is 0.0710. The van der Waals surface area contributed by atoms with Crippen LogP contribution < -0.4 is 5.56 Å². The second-order valence-electron chi connectivity index (χ2n) is 7.63. The average Bonchev–Trinajstić information content (AvgIpc) is 3.33.